The van der Waals surface area contributed by atoms with Crippen LogP contribution in [0.1, 0.15) is 23.3 Å². The summed E-state index contributed by atoms with van der Waals surface area (Å²) in [4.78, 5) is 15.3. The number of aromatic nitrogens is 1. The Hall–Kier alpha value is -2.52. The number of ether oxygens (including phenoxy) is 2. The first-order valence-electron chi connectivity index (χ1n) is 8.17. The molecule has 1 aromatic heterocycles. The summed E-state index contributed by atoms with van der Waals surface area (Å²) < 4.78 is 36.9. The van der Waals surface area contributed by atoms with Gasteiger partial charge in [-0.1, -0.05) is 0 Å². The highest BCUT2D eigenvalue weighted by Crippen LogP contribution is 2.29. The summed E-state index contributed by atoms with van der Waals surface area (Å²) >= 11 is 0. The summed E-state index contributed by atoms with van der Waals surface area (Å²) in [5.74, 6) is 0.573. The van der Waals surface area contributed by atoms with Crippen molar-refractivity contribution in [2.45, 2.75) is 17.7 Å². The largest absolute Gasteiger partial charge is 0.497 e. The maximum absolute atomic E-state index is 12.5. The second-order valence-corrected chi connectivity index (χ2v) is 7.82. The SMILES string of the molecule is COc1ccc(NC(=O)c2cc(S(=O)(=O)N3CCCC3)c[nH]2)c(OC)c1. The van der Waals surface area contributed by atoms with E-state index in [2.05, 4.69) is 10.3 Å². The lowest BCUT2D eigenvalue weighted by atomic mass is 10.2. The minimum Gasteiger partial charge on any atom is -0.497 e. The molecule has 0 bridgehead atoms. The molecule has 1 amide bonds. The molecule has 0 aliphatic carbocycles. The fraction of sp³-hybridized carbons (Fsp3) is 0.353. The van der Waals surface area contributed by atoms with Crippen molar-refractivity contribution in [2.75, 3.05) is 32.6 Å². The summed E-state index contributed by atoms with van der Waals surface area (Å²) in [6.07, 6.45) is 3.05. The number of hydrogen-bond acceptors (Lipinski definition) is 5. The second-order valence-electron chi connectivity index (χ2n) is 5.88. The Kier molecular flexibility index (Phi) is 5.19. The normalized spacial score (nSPS) is 15.0. The Labute approximate surface area is 152 Å². The van der Waals surface area contributed by atoms with Crippen LogP contribution in [0.2, 0.25) is 0 Å². The van der Waals surface area contributed by atoms with Crippen LogP contribution >= 0.6 is 0 Å². The molecule has 26 heavy (non-hydrogen) atoms. The molecule has 1 fully saturated rings. The van der Waals surface area contributed by atoms with Crippen LogP contribution in [0.5, 0.6) is 11.5 Å². The highest BCUT2D eigenvalue weighted by molar-refractivity contribution is 7.89. The van der Waals surface area contributed by atoms with E-state index in [1.54, 1.807) is 18.2 Å². The van der Waals surface area contributed by atoms with Crippen molar-refractivity contribution in [3.8, 4) is 11.5 Å². The first-order chi connectivity index (χ1) is 12.5. The van der Waals surface area contributed by atoms with Crippen molar-refractivity contribution >= 4 is 21.6 Å². The van der Waals surface area contributed by atoms with Crippen molar-refractivity contribution in [1.82, 2.24) is 9.29 Å². The molecule has 2 aromatic rings. The lowest BCUT2D eigenvalue weighted by molar-refractivity contribution is 0.102. The number of methoxy groups -OCH3 is 2. The van der Waals surface area contributed by atoms with E-state index in [0.29, 0.717) is 30.3 Å². The number of amides is 1. The van der Waals surface area contributed by atoms with E-state index in [1.807, 2.05) is 0 Å². The van der Waals surface area contributed by atoms with Gasteiger partial charge >= 0.3 is 0 Å². The molecule has 1 aliphatic heterocycles. The highest BCUT2D eigenvalue weighted by atomic mass is 32.2. The lowest BCUT2D eigenvalue weighted by Crippen LogP contribution is -2.27. The maximum atomic E-state index is 12.5. The van der Waals surface area contributed by atoms with Gasteiger partial charge in [0.25, 0.3) is 5.91 Å². The predicted octanol–water partition coefficient (Wildman–Crippen LogP) is 2.07. The van der Waals surface area contributed by atoms with Gasteiger partial charge in [-0.3, -0.25) is 4.79 Å². The number of benzene rings is 1. The third-order valence-electron chi connectivity index (χ3n) is 4.26. The molecule has 140 valence electrons. The van der Waals surface area contributed by atoms with Gasteiger partial charge in [-0.2, -0.15) is 4.31 Å². The third-order valence-corrected chi connectivity index (χ3v) is 6.14. The maximum Gasteiger partial charge on any atom is 0.272 e. The molecule has 0 saturated carbocycles. The Balaban J connectivity index is 1.78. The molecular weight excluding hydrogens is 358 g/mol. The number of nitrogens with one attached hydrogen (secondary N) is 2. The topological polar surface area (TPSA) is 101 Å². The predicted molar refractivity (Wildman–Crippen MR) is 96.3 cm³/mol. The zero-order valence-corrected chi connectivity index (χ0v) is 15.4. The lowest BCUT2D eigenvalue weighted by Gasteiger charge is -2.13. The minimum atomic E-state index is -3.57. The molecule has 1 aliphatic rings. The van der Waals surface area contributed by atoms with E-state index in [1.165, 1.54) is 30.8 Å². The summed E-state index contributed by atoms with van der Waals surface area (Å²) in [6, 6.07) is 6.34. The number of carbonyl (C=O) groups is 1. The molecule has 1 aromatic carbocycles. The average molecular weight is 379 g/mol. The van der Waals surface area contributed by atoms with Crippen LogP contribution in [0.15, 0.2) is 35.4 Å². The van der Waals surface area contributed by atoms with Crippen molar-refractivity contribution < 1.29 is 22.7 Å². The van der Waals surface area contributed by atoms with Crippen LogP contribution < -0.4 is 14.8 Å². The van der Waals surface area contributed by atoms with Gasteiger partial charge in [-0.25, -0.2) is 8.42 Å². The number of carbonyl (C=O) groups excluding carboxylic acids is 1. The molecule has 8 nitrogen and oxygen atoms in total. The molecule has 2 heterocycles. The van der Waals surface area contributed by atoms with Gasteiger partial charge in [-0.05, 0) is 31.0 Å². The summed E-state index contributed by atoms with van der Waals surface area (Å²) in [5.41, 5.74) is 0.609. The van der Waals surface area contributed by atoms with Gasteiger partial charge in [0, 0.05) is 25.4 Å². The van der Waals surface area contributed by atoms with Gasteiger partial charge in [0.05, 0.1) is 19.9 Å². The van der Waals surface area contributed by atoms with E-state index < -0.39 is 15.9 Å². The highest BCUT2D eigenvalue weighted by Gasteiger charge is 2.28. The number of aromatic amines is 1. The van der Waals surface area contributed by atoms with Crippen LogP contribution in [0.25, 0.3) is 0 Å². The number of nitrogens with zero attached hydrogens (tertiary/aromatic N) is 1. The van der Waals surface area contributed by atoms with Crippen LogP contribution in [0, 0.1) is 0 Å². The van der Waals surface area contributed by atoms with E-state index >= 15 is 0 Å². The smallest absolute Gasteiger partial charge is 0.272 e. The van der Waals surface area contributed by atoms with Crippen molar-refractivity contribution in [3.63, 3.8) is 0 Å². The molecular formula is C17H21N3O5S. The quantitative estimate of drug-likeness (QED) is 0.800. The van der Waals surface area contributed by atoms with E-state index in [0.717, 1.165) is 12.8 Å². The number of hydrogen-bond donors (Lipinski definition) is 2. The molecule has 9 heteroatoms. The summed E-state index contributed by atoms with van der Waals surface area (Å²) in [7, 11) is -0.543. The molecule has 3 rings (SSSR count). The zero-order chi connectivity index (χ0) is 18.7. The molecule has 0 radical (unpaired) electrons. The fourth-order valence-electron chi connectivity index (χ4n) is 2.82. The van der Waals surface area contributed by atoms with E-state index in [-0.39, 0.29) is 10.6 Å². The van der Waals surface area contributed by atoms with Gasteiger partial charge in [-0.15, -0.1) is 0 Å². The Morgan fingerprint density at radius 1 is 1.15 bits per heavy atom. The van der Waals surface area contributed by atoms with Gasteiger partial charge in [0.15, 0.2) is 0 Å². The van der Waals surface area contributed by atoms with Crippen LogP contribution in [0.4, 0.5) is 5.69 Å². The number of rotatable bonds is 6. The molecule has 0 spiro atoms. The summed E-state index contributed by atoms with van der Waals surface area (Å²) in [5, 5.41) is 2.70. The zero-order valence-electron chi connectivity index (χ0n) is 14.6. The van der Waals surface area contributed by atoms with Crippen molar-refractivity contribution in [2.24, 2.45) is 0 Å². The van der Waals surface area contributed by atoms with E-state index in [9.17, 15) is 13.2 Å². The van der Waals surface area contributed by atoms with Gasteiger partial charge in [0.1, 0.15) is 22.1 Å². The van der Waals surface area contributed by atoms with Crippen LogP contribution in [0.3, 0.4) is 0 Å². The standard InChI is InChI=1S/C17H21N3O5S/c1-24-12-5-6-14(16(9-12)25-2)19-17(21)15-10-13(11-18-15)26(22,23)20-7-3-4-8-20/h5-6,9-11,18H,3-4,7-8H2,1-2H3,(H,19,21). The minimum absolute atomic E-state index is 0.0891. The summed E-state index contributed by atoms with van der Waals surface area (Å²) in [6.45, 7) is 1.02. The number of H-pyrrole nitrogens is 1. The third kappa shape index (κ3) is 3.54. The van der Waals surface area contributed by atoms with Crippen molar-refractivity contribution in [3.05, 3.63) is 36.2 Å². The first-order valence-corrected chi connectivity index (χ1v) is 9.61. The Morgan fingerprint density at radius 2 is 1.88 bits per heavy atom. The van der Waals surface area contributed by atoms with Crippen molar-refractivity contribution in [1.29, 1.82) is 0 Å². The number of sulfonamides is 1. The monoisotopic (exact) mass is 379 g/mol. The number of anilines is 1. The van der Waals surface area contributed by atoms with Crippen LogP contribution in [-0.4, -0.2) is 50.9 Å². The molecule has 1 saturated heterocycles. The molecule has 0 atom stereocenters. The van der Waals surface area contributed by atoms with Gasteiger partial charge in [0.2, 0.25) is 10.0 Å². The Bertz CT molecular complexity index is 901. The van der Waals surface area contributed by atoms with Crippen LogP contribution in [-0.2, 0) is 10.0 Å². The first kappa shape index (κ1) is 18.3. The Morgan fingerprint density at radius 3 is 2.54 bits per heavy atom. The van der Waals surface area contributed by atoms with E-state index in [4.69, 9.17) is 9.47 Å². The average Bonchev–Trinajstić information content (AvgIpc) is 3.34. The molecule has 2 N–H and O–H groups in total. The van der Waals surface area contributed by atoms with Gasteiger partial charge < -0.3 is 19.8 Å². The molecule has 0 unspecified atom stereocenters. The second kappa shape index (κ2) is 7.38. The fourth-order valence-corrected chi connectivity index (χ4v) is 4.34.